The Morgan fingerprint density at radius 2 is 2.04 bits per heavy atom. The van der Waals surface area contributed by atoms with Crippen LogP contribution in [0.4, 0.5) is 4.79 Å². The monoisotopic (exact) mass is 379 g/mol. The Balaban J connectivity index is 1.34. The molecule has 1 aromatic rings. The van der Waals surface area contributed by atoms with E-state index in [2.05, 4.69) is 33.2 Å². The highest BCUT2D eigenvalue weighted by atomic mass is 32.2. The van der Waals surface area contributed by atoms with Gasteiger partial charge in [-0.1, -0.05) is 18.7 Å². The SMILES string of the molecule is CC1CCC2(CC1)NC(=O)N(NC(=O)CSc1nnnn1C1CC1)C2=O. The van der Waals surface area contributed by atoms with E-state index in [1.165, 1.54) is 11.8 Å². The summed E-state index contributed by atoms with van der Waals surface area (Å²) in [6, 6.07) is -0.249. The van der Waals surface area contributed by atoms with Gasteiger partial charge in [0.15, 0.2) is 0 Å². The van der Waals surface area contributed by atoms with Crippen molar-refractivity contribution in [2.24, 2.45) is 5.92 Å². The first kappa shape index (κ1) is 17.3. The molecule has 1 aliphatic heterocycles. The summed E-state index contributed by atoms with van der Waals surface area (Å²) < 4.78 is 1.71. The van der Waals surface area contributed by atoms with Crippen molar-refractivity contribution in [1.82, 2.24) is 36.0 Å². The summed E-state index contributed by atoms with van der Waals surface area (Å²) >= 11 is 1.19. The minimum atomic E-state index is -0.861. The molecule has 0 unspecified atom stereocenters. The number of hydrogen-bond donors (Lipinski definition) is 2. The number of amides is 4. The van der Waals surface area contributed by atoms with Gasteiger partial charge < -0.3 is 5.32 Å². The molecule has 0 radical (unpaired) electrons. The molecule has 3 aliphatic rings. The van der Waals surface area contributed by atoms with Crippen molar-refractivity contribution in [3.63, 3.8) is 0 Å². The fourth-order valence-corrected chi connectivity index (χ4v) is 4.17. The Bertz CT molecular complexity index is 739. The molecule has 3 fully saturated rings. The first-order valence-electron chi connectivity index (χ1n) is 8.85. The second-order valence-electron chi connectivity index (χ2n) is 7.30. The highest BCUT2D eigenvalue weighted by Gasteiger charge is 2.52. The number of imide groups is 1. The van der Waals surface area contributed by atoms with E-state index in [0.29, 0.717) is 30.0 Å². The third-order valence-electron chi connectivity index (χ3n) is 5.21. The number of rotatable bonds is 5. The maximum atomic E-state index is 12.7. The van der Waals surface area contributed by atoms with E-state index in [1.54, 1.807) is 4.68 Å². The highest BCUT2D eigenvalue weighted by molar-refractivity contribution is 7.99. The quantitative estimate of drug-likeness (QED) is 0.568. The lowest BCUT2D eigenvalue weighted by Crippen LogP contribution is -2.51. The molecule has 1 aromatic heterocycles. The number of urea groups is 1. The summed E-state index contributed by atoms with van der Waals surface area (Å²) in [5.41, 5.74) is 1.56. The van der Waals surface area contributed by atoms with Crippen LogP contribution >= 0.6 is 11.8 Å². The van der Waals surface area contributed by atoms with E-state index in [0.717, 1.165) is 30.7 Å². The fourth-order valence-electron chi connectivity index (χ4n) is 3.43. The summed E-state index contributed by atoms with van der Waals surface area (Å²) in [5, 5.41) is 15.6. The standard InChI is InChI=1S/C15H21N7O3S/c1-9-4-6-15(7-5-9)12(24)22(13(25)16-15)18-11(23)8-26-14-17-19-20-21(14)10-2-3-10/h9-10H,2-8H2,1H3,(H,16,25)(H,18,23). The van der Waals surface area contributed by atoms with Gasteiger partial charge in [0, 0.05) is 0 Å². The molecular formula is C15H21N7O3S. The van der Waals surface area contributed by atoms with E-state index in [-0.39, 0.29) is 11.7 Å². The number of carbonyl (C=O) groups is 3. The van der Waals surface area contributed by atoms with Crippen molar-refractivity contribution in [1.29, 1.82) is 0 Å². The minimum absolute atomic E-state index is 0.0220. The predicted octanol–water partition coefficient (Wildman–Crippen LogP) is 0.632. The second kappa shape index (κ2) is 6.53. The van der Waals surface area contributed by atoms with Crippen molar-refractivity contribution in [2.75, 3.05) is 5.75 Å². The van der Waals surface area contributed by atoms with E-state index in [9.17, 15) is 14.4 Å². The second-order valence-corrected chi connectivity index (χ2v) is 8.24. The molecule has 11 heteroatoms. The number of nitrogens with one attached hydrogen (secondary N) is 2. The Morgan fingerprint density at radius 1 is 1.31 bits per heavy atom. The molecule has 4 rings (SSSR count). The molecule has 4 amide bonds. The minimum Gasteiger partial charge on any atom is -0.322 e. The average Bonchev–Trinajstić information content (AvgIpc) is 3.32. The maximum absolute atomic E-state index is 12.7. The van der Waals surface area contributed by atoms with E-state index in [1.807, 2.05) is 0 Å². The lowest BCUT2D eigenvalue weighted by Gasteiger charge is -2.33. The zero-order chi connectivity index (χ0) is 18.3. The first-order chi connectivity index (χ1) is 12.5. The normalized spacial score (nSPS) is 28.5. The fraction of sp³-hybridized carbons (Fsp3) is 0.733. The van der Waals surface area contributed by atoms with Crippen LogP contribution in [0.5, 0.6) is 0 Å². The molecule has 0 bridgehead atoms. The molecule has 26 heavy (non-hydrogen) atoms. The largest absolute Gasteiger partial charge is 0.344 e. The zero-order valence-corrected chi connectivity index (χ0v) is 15.3. The summed E-state index contributed by atoms with van der Waals surface area (Å²) in [6.45, 7) is 2.14. The molecule has 1 spiro atoms. The van der Waals surface area contributed by atoms with Gasteiger partial charge in [0.25, 0.3) is 5.91 Å². The van der Waals surface area contributed by atoms with Gasteiger partial charge in [0.2, 0.25) is 11.1 Å². The van der Waals surface area contributed by atoms with Gasteiger partial charge in [-0.2, -0.15) is 5.01 Å². The molecule has 2 saturated carbocycles. The molecule has 2 heterocycles. The Morgan fingerprint density at radius 3 is 2.73 bits per heavy atom. The van der Waals surface area contributed by atoms with Gasteiger partial charge in [-0.3, -0.25) is 15.0 Å². The molecule has 0 aromatic carbocycles. The highest BCUT2D eigenvalue weighted by Crippen LogP contribution is 2.37. The molecule has 2 aliphatic carbocycles. The lowest BCUT2D eigenvalue weighted by atomic mass is 9.77. The zero-order valence-electron chi connectivity index (χ0n) is 14.5. The summed E-state index contributed by atoms with van der Waals surface area (Å²) in [5.74, 6) is -0.239. The van der Waals surface area contributed by atoms with Crippen LogP contribution in [-0.4, -0.2) is 54.4 Å². The van der Waals surface area contributed by atoms with Crippen molar-refractivity contribution in [3.05, 3.63) is 0 Å². The smallest absolute Gasteiger partial charge is 0.322 e. The molecule has 140 valence electrons. The topological polar surface area (TPSA) is 122 Å². The van der Waals surface area contributed by atoms with E-state index in [4.69, 9.17) is 0 Å². The third-order valence-corrected chi connectivity index (χ3v) is 6.15. The van der Waals surface area contributed by atoms with E-state index < -0.39 is 17.5 Å². The Hall–Kier alpha value is -2.17. The number of hydrazine groups is 1. The Kier molecular flexibility index (Phi) is 4.33. The van der Waals surface area contributed by atoms with Crippen molar-refractivity contribution >= 4 is 29.6 Å². The molecule has 1 saturated heterocycles. The molecular weight excluding hydrogens is 358 g/mol. The summed E-state index contributed by atoms with van der Waals surface area (Å²) in [4.78, 5) is 37.1. The number of tetrazole rings is 1. The average molecular weight is 379 g/mol. The molecule has 10 nitrogen and oxygen atoms in total. The van der Waals surface area contributed by atoms with Crippen molar-refractivity contribution in [3.8, 4) is 0 Å². The molecule has 0 atom stereocenters. The van der Waals surface area contributed by atoms with Gasteiger partial charge in [0.05, 0.1) is 11.8 Å². The van der Waals surface area contributed by atoms with Crippen molar-refractivity contribution in [2.45, 2.75) is 62.2 Å². The van der Waals surface area contributed by atoms with Gasteiger partial charge in [0.1, 0.15) is 5.54 Å². The van der Waals surface area contributed by atoms with Crippen LogP contribution in [0.1, 0.15) is 51.5 Å². The number of nitrogens with zero attached hydrogens (tertiary/aromatic N) is 5. The van der Waals surface area contributed by atoms with Crippen LogP contribution in [0.2, 0.25) is 0 Å². The van der Waals surface area contributed by atoms with Crippen LogP contribution in [0, 0.1) is 5.92 Å². The first-order valence-corrected chi connectivity index (χ1v) is 9.84. The van der Waals surface area contributed by atoms with Gasteiger partial charge in [-0.05, 0) is 54.9 Å². The van der Waals surface area contributed by atoms with Crippen LogP contribution in [0.25, 0.3) is 0 Å². The number of hydrogen-bond acceptors (Lipinski definition) is 7. The van der Waals surface area contributed by atoms with Crippen LogP contribution in [-0.2, 0) is 9.59 Å². The van der Waals surface area contributed by atoms with Crippen LogP contribution in [0.15, 0.2) is 5.16 Å². The maximum Gasteiger partial charge on any atom is 0.344 e. The van der Waals surface area contributed by atoms with Gasteiger partial charge in [-0.25, -0.2) is 9.48 Å². The molecule has 2 N–H and O–H groups in total. The predicted molar refractivity (Wildman–Crippen MR) is 90.7 cm³/mol. The number of carbonyl (C=O) groups excluding carboxylic acids is 3. The summed E-state index contributed by atoms with van der Waals surface area (Å²) in [6.07, 6.45) is 5.05. The van der Waals surface area contributed by atoms with Gasteiger partial charge >= 0.3 is 6.03 Å². The van der Waals surface area contributed by atoms with Crippen molar-refractivity contribution < 1.29 is 14.4 Å². The number of thioether (sulfide) groups is 1. The Labute approximate surface area is 154 Å². The van der Waals surface area contributed by atoms with Gasteiger partial charge in [-0.15, -0.1) is 5.10 Å². The number of aromatic nitrogens is 4. The third kappa shape index (κ3) is 3.15. The summed E-state index contributed by atoms with van der Waals surface area (Å²) in [7, 11) is 0. The van der Waals surface area contributed by atoms with Crippen LogP contribution in [0.3, 0.4) is 0 Å². The van der Waals surface area contributed by atoms with Crippen LogP contribution < -0.4 is 10.7 Å². The lowest BCUT2D eigenvalue weighted by molar-refractivity contribution is -0.139. The van der Waals surface area contributed by atoms with E-state index >= 15 is 0 Å².